The number of carbonyl (C=O) groups is 2. The highest BCUT2D eigenvalue weighted by Gasteiger charge is 2.31. The van der Waals surface area contributed by atoms with E-state index >= 15 is 0 Å². The summed E-state index contributed by atoms with van der Waals surface area (Å²) >= 11 is 1.01. The molecule has 1 aromatic heterocycles. The predicted molar refractivity (Wildman–Crippen MR) is 169 cm³/mol. The number of ether oxygens (including phenoxy) is 2. The number of sulfonamides is 1. The number of aromatic nitrogens is 2. The van der Waals surface area contributed by atoms with Gasteiger partial charge in [-0.2, -0.15) is 0 Å². The van der Waals surface area contributed by atoms with Crippen molar-refractivity contribution in [3.05, 3.63) is 108 Å². The Kier molecular flexibility index (Phi) is 8.02. The van der Waals surface area contributed by atoms with Crippen LogP contribution in [0.15, 0.2) is 95.9 Å². The van der Waals surface area contributed by atoms with Gasteiger partial charge in [-0.1, -0.05) is 41.6 Å². The van der Waals surface area contributed by atoms with E-state index in [1.165, 1.54) is 0 Å². The normalized spacial score (nSPS) is 14.9. The molecule has 44 heavy (non-hydrogen) atoms. The first-order chi connectivity index (χ1) is 21.1. The van der Waals surface area contributed by atoms with Crippen molar-refractivity contribution >= 4 is 49.7 Å². The summed E-state index contributed by atoms with van der Waals surface area (Å²) in [4.78, 5) is 28.1. The lowest BCUT2D eigenvalue weighted by atomic mass is 10.1. The maximum absolute atomic E-state index is 12.7. The molecular formula is C32H28N4O6S2. The number of imidazole rings is 1. The first-order valence-electron chi connectivity index (χ1n) is 13.7. The largest absolute Gasteiger partial charge is 0.486 e. The van der Waals surface area contributed by atoms with E-state index in [1.807, 2.05) is 61.0 Å². The van der Waals surface area contributed by atoms with Gasteiger partial charge in [0.15, 0.2) is 0 Å². The van der Waals surface area contributed by atoms with Crippen molar-refractivity contribution in [2.45, 2.75) is 30.1 Å². The van der Waals surface area contributed by atoms with Gasteiger partial charge < -0.3 is 14.0 Å². The highest BCUT2D eigenvalue weighted by atomic mass is 32.2. The molecule has 12 heteroatoms. The molecular weight excluding hydrogens is 601 g/mol. The van der Waals surface area contributed by atoms with Gasteiger partial charge in [-0.3, -0.25) is 19.6 Å². The second-order valence-electron chi connectivity index (χ2n) is 10.3. The third-order valence-electron chi connectivity index (χ3n) is 7.10. The number of hydrogen-bond acceptors (Lipinski definition) is 8. The molecule has 1 aliphatic heterocycles. The van der Waals surface area contributed by atoms with Gasteiger partial charge in [0.1, 0.15) is 29.7 Å². The summed E-state index contributed by atoms with van der Waals surface area (Å²) in [6.45, 7) is 2.15. The lowest BCUT2D eigenvalue weighted by Gasteiger charge is -2.10. The van der Waals surface area contributed by atoms with E-state index < -0.39 is 15.3 Å². The fourth-order valence-electron chi connectivity index (χ4n) is 4.68. The topological polar surface area (TPSA) is 129 Å². The third-order valence-corrected chi connectivity index (χ3v) is 9.48. The molecule has 1 fully saturated rings. The molecule has 10 nitrogen and oxygen atoms in total. The van der Waals surface area contributed by atoms with Crippen LogP contribution < -0.4 is 19.5 Å². The Hall–Kier alpha value is -4.81. The average Bonchev–Trinajstić information content (AvgIpc) is 3.49. The number of amides is 2. The predicted octanol–water partition coefficient (Wildman–Crippen LogP) is 5.95. The maximum Gasteiger partial charge on any atom is 0.286 e. The van der Waals surface area contributed by atoms with Gasteiger partial charge in [-0.05, 0) is 79.6 Å². The second-order valence-corrected chi connectivity index (χ2v) is 13.2. The van der Waals surface area contributed by atoms with Gasteiger partial charge in [0.05, 0.1) is 21.2 Å². The highest BCUT2D eigenvalue weighted by Crippen LogP contribution is 2.28. The van der Waals surface area contributed by atoms with Gasteiger partial charge in [0, 0.05) is 18.8 Å². The second kappa shape index (κ2) is 12.1. The SMILES string of the molecule is Cc1ccc(S(=O)(=O)Nc2ccc(Oc3ccc4nc(COc5ccc(CC6SC(=O)NC6=O)cc5)n(C)c4c3)cc2)cc1. The number of thioether (sulfide) groups is 1. The minimum absolute atomic E-state index is 0.195. The van der Waals surface area contributed by atoms with E-state index in [-0.39, 0.29) is 22.6 Å². The van der Waals surface area contributed by atoms with Crippen molar-refractivity contribution in [1.82, 2.24) is 14.9 Å². The Bertz CT molecular complexity index is 1960. The number of nitrogens with one attached hydrogen (secondary N) is 2. The average molecular weight is 629 g/mol. The minimum atomic E-state index is -3.70. The van der Waals surface area contributed by atoms with Crippen LogP contribution in [-0.2, 0) is 34.9 Å². The summed E-state index contributed by atoms with van der Waals surface area (Å²) in [5, 5.41) is 1.59. The fourth-order valence-corrected chi connectivity index (χ4v) is 6.60. The van der Waals surface area contributed by atoms with Crippen LogP contribution in [-0.4, -0.2) is 34.4 Å². The Morgan fingerprint density at radius 1 is 0.909 bits per heavy atom. The van der Waals surface area contributed by atoms with Crippen molar-refractivity contribution in [2.24, 2.45) is 7.05 Å². The Labute approximate surface area is 258 Å². The zero-order valence-corrected chi connectivity index (χ0v) is 25.4. The zero-order valence-electron chi connectivity index (χ0n) is 23.8. The highest BCUT2D eigenvalue weighted by molar-refractivity contribution is 8.15. The number of fused-ring (bicyclic) bond motifs is 1. The van der Waals surface area contributed by atoms with E-state index in [1.54, 1.807) is 48.5 Å². The number of aryl methyl sites for hydroxylation is 2. The number of anilines is 1. The Balaban J connectivity index is 1.07. The Morgan fingerprint density at radius 3 is 2.27 bits per heavy atom. The van der Waals surface area contributed by atoms with Gasteiger partial charge in [-0.25, -0.2) is 13.4 Å². The molecule has 4 aromatic carbocycles. The molecule has 1 unspecified atom stereocenters. The molecule has 1 saturated heterocycles. The summed E-state index contributed by atoms with van der Waals surface area (Å²) in [7, 11) is -1.79. The summed E-state index contributed by atoms with van der Waals surface area (Å²) < 4.78 is 41.9. The monoisotopic (exact) mass is 628 g/mol. The quantitative estimate of drug-likeness (QED) is 0.194. The van der Waals surface area contributed by atoms with E-state index in [0.717, 1.165) is 39.7 Å². The van der Waals surface area contributed by atoms with Crippen molar-refractivity contribution in [2.75, 3.05) is 4.72 Å². The first kappa shape index (κ1) is 29.3. The van der Waals surface area contributed by atoms with Crippen molar-refractivity contribution in [3.63, 3.8) is 0 Å². The van der Waals surface area contributed by atoms with Gasteiger partial charge in [-0.15, -0.1) is 0 Å². The summed E-state index contributed by atoms with van der Waals surface area (Å²) in [5.74, 6) is 2.29. The van der Waals surface area contributed by atoms with Crippen LogP contribution in [0.25, 0.3) is 11.0 Å². The van der Waals surface area contributed by atoms with Crippen LogP contribution in [0.3, 0.4) is 0 Å². The number of carbonyl (C=O) groups excluding carboxylic acids is 2. The first-order valence-corrected chi connectivity index (χ1v) is 16.1. The van der Waals surface area contributed by atoms with E-state index in [9.17, 15) is 18.0 Å². The molecule has 0 bridgehead atoms. The zero-order chi connectivity index (χ0) is 30.8. The van der Waals surface area contributed by atoms with Gasteiger partial charge in [0.2, 0.25) is 5.91 Å². The third kappa shape index (κ3) is 6.56. The molecule has 1 atom stereocenters. The number of rotatable bonds is 10. The summed E-state index contributed by atoms with van der Waals surface area (Å²) in [5.41, 5.74) is 4.00. The number of imide groups is 1. The molecule has 1 aliphatic rings. The number of nitrogens with zero attached hydrogens (tertiary/aromatic N) is 2. The number of benzene rings is 4. The molecule has 0 radical (unpaired) electrons. The Morgan fingerprint density at radius 2 is 1.59 bits per heavy atom. The molecule has 0 aliphatic carbocycles. The van der Waals surface area contributed by atoms with E-state index in [2.05, 4.69) is 10.0 Å². The molecule has 2 N–H and O–H groups in total. The molecule has 6 rings (SSSR count). The molecule has 0 spiro atoms. The van der Waals surface area contributed by atoms with Crippen LogP contribution in [0.5, 0.6) is 17.2 Å². The standard InChI is InChI=1S/C32H28N4O6S2/c1-20-3-14-26(15-4-20)44(39,40)35-22-7-11-24(12-8-22)42-25-13-16-27-28(18-25)36(2)30(33-27)19-41-23-9-5-21(6-10-23)17-29-31(37)34-32(38)43-29/h3-16,18,29,35H,17,19H2,1-2H3,(H,34,37,38). The lowest BCUT2D eigenvalue weighted by Crippen LogP contribution is -2.25. The van der Waals surface area contributed by atoms with Gasteiger partial charge in [0.25, 0.3) is 15.3 Å². The molecule has 5 aromatic rings. The maximum atomic E-state index is 12.7. The number of hydrogen-bond donors (Lipinski definition) is 2. The molecule has 0 saturated carbocycles. The van der Waals surface area contributed by atoms with Crippen molar-refractivity contribution < 1.29 is 27.5 Å². The van der Waals surface area contributed by atoms with Crippen LogP contribution >= 0.6 is 11.8 Å². The van der Waals surface area contributed by atoms with Gasteiger partial charge >= 0.3 is 0 Å². The van der Waals surface area contributed by atoms with Crippen LogP contribution in [0.4, 0.5) is 10.5 Å². The van der Waals surface area contributed by atoms with E-state index in [0.29, 0.717) is 29.4 Å². The lowest BCUT2D eigenvalue weighted by molar-refractivity contribution is -0.118. The van der Waals surface area contributed by atoms with Crippen LogP contribution in [0.2, 0.25) is 0 Å². The van der Waals surface area contributed by atoms with Crippen LogP contribution in [0, 0.1) is 6.92 Å². The summed E-state index contributed by atoms with van der Waals surface area (Å²) in [6.07, 6.45) is 0.467. The minimum Gasteiger partial charge on any atom is -0.486 e. The summed E-state index contributed by atoms with van der Waals surface area (Å²) in [6, 6.07) is 26.4. The van der Waals surface area contributed by atoms with Crippen LogP contribution in [0.1, 0.15) is 17.0 Å². The molecule has 224 valence electrons. The van der Waals surface area contributed by atoms with E-state index in [4.69, 9.17) is 14.5 Å². The molecule has 2 amide bonds. The van der Waals surface area contributed by atoms with Crippen molar-refractivity contribution in [1.29, 1.82) is 0 Å². The fraction of sp³-hybridized carbons (Fsp3) is 0.156. The molecule has 2 heterocycles. The van der Waals surface area contributed by atoms with Crippen molar-refractivity contribution in [3.8, 4) is 17.2 Å². The smallest absolute Gasteiger partial charge is 0.286 e.